The van der Waals surface area contributed by atoms with Crippen molar-refractivity contribution < 1.29 is 24.5 Å². The average Bonchev–Trinajstić information content (AvgIpc) is 3.30. The number of carbonyl (C=O) groups is 2. The second-order valence-corrected chi connectivity index (χ2v) is 18.7. The van der Waals surface area contributed by atoms with Crippen molar-refractivity contribution in [1.29, 1.82) is 0 Å². The fourth-order valence-corrected chi connectivity index (χ4v) is 8.05. The van der Waals surface area contributed by atoms with Crippen LogP contribution in [-0.2, 0) is 14.3 Å². The van der Waals surface area contributed by atoms with Crippen molar-refractivity contribution in [3.05, 3.63) is 72.9 Å². The normalized spacial score (nSPS) is 13.7. The van der Waals surface area contributed by atoms with E-state index in [1.807, 2.05) is 12.2 Å². The zero-order valence-electron chi connectivity index (χ0n) is 42.9. The highest BCUT2D eigenvalue weighted by Gasteiger charge is 2.23. The topological polar surface area (TPSA) is 95.9 Å². The Bertz CT molecular complexity index is 1200. The van der Waals surface area contributed by atoms with E-state index >= 15 is 0 Å². The lowest BCUT2D eigenvalue weighted by molar-refractivity contribution is -0.150. The number of esters is 1. The summed E-state index contributed by atoms with van der Waals surface area (Å²) >= 11 is 0. The van der Waals surface area contributed by atoms with E-state index in [0.29, 0.717) is 19.3 Å². The molecule has 0 saturated carbocycles. The molecule has 3 unspecified atom stereocenters. The lowest BCUT2D eigenvalue weighted by atomic mass is 10.0. The van der Waals surface area contributed by atoms with Gasteiger partial charge in [-0.15, -0.1) is 0 Å². The summed E-state index contributed by atoms with van der Waals surface area (Å²) in [6.07, 6.45) is 66.9. The van der Waals surface area contributed by atoms with E-state index in [1.54, 1.807) is 0 Å². The number of aliphatic hydroxyl groups is 2. The Labute approximate surface area is 402 Å². The van der Waals surface area contributed by atoms with Gasteiger partial charge in [0.25, 0.3) is 0 Å². The molecule has 0 rings (SSSR count). The maximum Gasteiger partial charge on any atom is 0.306 e. The Morgan fingerprint density at radius 3 is 1.35 bits per heavy atom. The number of rotatable bonds is 49. The van der Waals surface area contributed by atoms with E-state index in [9.17, 15) is 19.8 Å². The maximum atomic E-state index is 13.2. The molecular weight excluding hydrogens is 803 g/mol. The van der Waals surface area contributed by atoms with Gasteiger partial charge in [0, 0.05) is 12.8 Å². The van der Waals surface area contributed by atoms with Crippen LogP contribution < -0.4 is 5.32 Å². The molecule has 1 amide bonds. The van der Waals surface area contributed by atoms with Gasteiger partial charge in [0.2, 0.25) is 5.91 Å². The van der Waals surface area contributed by atoms with Crippen molar-refractivity contribution in [1.82, 2.24) is 5.32 Å². The van der Waals surface area contributed by atoms with E-state index in [2.05, 4.69) is 86.8 Å². The molecule has 0 aliphatic heterocycles. The third-order valence-corrected chi connectivity index (χ3v) is 12.3. The molecule has 0 aliphatic carbocycles. The molecular formula is C59H105NO5. The van der Waals surface area contributed by atoms with Crippen LogP contribution in [0.5, 0.6) is 0 Å². The quantitative estimate of drug-likeness (QED) is 0.0245. The summed E-state index contributed by atoms with van der Waals surface area (Å²) in [6.45, 7) is 6.43. The van der Waals surface area contributed by atoms with Gasteiger partial charge in [-0.3, -0.25) is 9.59 Å². The monoisotopic (exact) mass is 908 g/mol. The molecule has 3 atom stereocenters. The Balaban J connectivity index is 4.72. The van der Waals surface area contributed by atoms with Crippen molar-refractivity contribution in [2.75, 3.05) is 6.61 Å². The minimum Gasteiger partial charge on any atom is -0.461 e. The molecule has 0 heterocycles. The van der Waals surface area contributed by atoms with Crippen LogP contribution in [0.25, 0.3) is 0 Å². The van der Waals surface area contributed by atoms with Crippen molar-refractivity contribution in [3.8, 4) is 0 Å². The van der Waals surface area contributed by atoms with Crippen LogP contribution in [0.4, 0.5) is 0 Å². The summed E-state index contributed by atoms with van der Waals surface area (Å²) in [5.41, 5.74) is 0. The highest BCUT2D eigenvalue weighted by molar-refractivity contribution is 5.77. The van der Waals surface area contributed by atoms with Crippen LogP contribution in [-0.4, -0.2) is 46.9 Å². The minimum atomic E-state index is -0.818. The molecule has 0 fully saturated rings. The first-order chi connectivity index (χ1) is 32.0. The van der Waals surface area contributed by atoms with E-state index < -0.39 is 18.2 Å². The smallest absolute Gasteiger partial charge is 0.306 e. The van der Waals surface area contributed by atoms with Crippen LogP contribution >= 0.6 is 0 Å². The third kappa shape index (κ3) is 47.6. The standard InChI is InChI=1S/C59H105NO5/c1-4-7-10-13-16-19-22-25-28-31-34-37-40-43-46-49-52-59(64)65-55(50-47-44-41-38-35-32-29-26-23-20-17-14-11-8-5-2)53-58(63)60-56(54-61)57(62)51-48-45-42-39-36-33-30-27-24-21-18-15-12-9-6-3/h17,20,26,28-29,31,34-35,37-38,44,47,55-57,61-62H,4-16,18-19,21-25,27,30,32-33,36,39-43,45-46,48-54H2,1-3H3,(H,60,63)/b20-17-,29-26-,31-28+,37-34+,38-35-,47-44-. The summed E-state index contributed by atoms with van der Waals surface area (Å²) in [5.74, 6) is -0.606. The Morgan fingerprint density at radius 2 is 0.862 bits per heavy atom. The first-order valence-corrected chi connectivity index (χ1v) is 27.7. The highest BCUT2D eigenvalue weighted by atomic mass is 16.5. The van der Waals surface area contributed by atoms with Gasteiger partial charge in [0.1, 0.15) is 6.10 Å². The summed E-state index contributed by atoms with van der Waals surface area (Å²) in [4.78, 5) is 26.2. The second-order valence-electron chi connectivity index (χ2n) is 18.7. The SMILES string of the molecule is CCCCC/C=C\C/C=C\C/C=C\C/C=C\CC(CC(=O)NC(CO)C(O)CCCCCCCCCCCCCCCCC)OC(=O)CCCCC/C=C/C=C/CCCCCCCCC. The Morgan fingerprint density at radius 1 is 0.477 bits per heavy atom. The third-order valence-electron chi connectivity index (χ3n) is 12.3. The molecule has 6 heteroatoms. The highest BCUT2D eigenvalue weighted by Crippen LogP contribution is 2.16. The van der Waals surface area contributed by atoms with Crippen LogP contribution in [0.1, 0.15) is 265 Å². The summed E-state index contributed by atoms with van der Waals surface area (Å²) in [7, 11) is 0. The van der Waals surface area contributed by atoms with Crippen molar-refractivity contribution in [3.63, 3.8) is 0 Å². The number of ether oxygens (including phenoxy) is 1. The minimum absolute atomic E-state index is 0.0107. The number of amides is 1. The lowest BCUT2D eigenvalue weighted by Crippen LogP contribution is -2.46. The van der Waals surface area contributed by atoms with Crippen LogP contribution in [0.3, 0.4) is 0 Å². The molecule has 6 nitrogen and oxygen atoms in total. The summed E-state index contributed by atoms with van der Waals surface area (Å²) in [5, 5.41) is 23.8. The summed E-state index contributed by atoms with van der Waals surface area (Å²) < 4.78 is 5.87. The molecule has 65 heavy (non-hydrogen) atoms. The van der Waals surface area contributed by atoms with Crippen molar-refractivity contribution in [2.45, 2.75) is 283 Å². The summed E-state index contributed by atoms with van der Waals surface area (Å²) in [6, 6.07) is -0.739. The predicted octanol–water partition coefficient (Wildman–Crippen LogP) is 17.0. The lowest BCUT2D eigenvalue weighted by Gasteiger charge is -2.24. The molecule has 0 spiro atoms. The van der Waals surface area contributed by atoms with Crippen LogP contribution in [0.2, 0.25) is 0 Å². The van der Waals surface area contributed by atoms with Crippen molar-refractivity contribution in [2.24, 2.45) is 0 Å². The first kappa shape index (κ1) is 62.3. The Kier molecular flexibility index (Phi) is 50.1. The van der Waals surface area contributed by atoms with Gasteiger partial charge in [0.15, 0.2) is 0 Å². The maximum absolute atomic E-state index is 13.2. The molecule has 0 aromatic carbocycles. The zero-order chi connectivity index (χ0) is 47.4. The van der Waals surface area contributed by atoms with E-state index in [0.717, 1.165) is 70.6 Å². The van der Waals surface area contributed by atoms with Crippen LogP contribution in [0.15, 0.2) is 72.9 Å². The number of aliphatic hydroxyl groups excluding tert-OH is 2. The number of allylic oxidation sites excluding steroid dienone is 11. The van der Waals surface area contributed by atoms with Gasteiger partial charge in [0.05, 0.1) is 25.2 Å². The average molecular weight is 908 g/mol. The van der Waals surface area contributed by atoms with Gasteiger partial charge in [-0.1, -0.05) is 248 Å². The fraction of sp³-hybridized carbons (Fsp3) is 0.763. The van der Waals surface area contributed by atoms with Gasteiger partial charge >= 0.3 is 5.97 Å². The molecule has 0 aromatic heterocycles. The molecule has 0 aliphatic rings. The molecule has 0 saturated heterocycles. The van der Waals surface area contributed by atoms with Gasteiger partial charge in [-0.2, -0.15) is 0 Å². The van der Waals surface area contributed by atoms with E-state index in [-0.39, 0.29) is 24.9 Å². The zero-order valence-corrected chi connectivity index (χ0v) is 42.9. The number of hydrogen-bond donors (Lipinski definition) is 3. The predicted molar refractivity (Wildman–Crippen MR) is 282 cm³/mol. The number of hydrogen-bond acceptors (Lipinski definition) is 5. The molecule has 376 valence electrons. The number of unbranched alkanes of at least 4 members (excludes halogenated alkanes) is 27. The van der Waals surface area contributed by atoms with E-state index in [4.69, 9.17) is 4.74 Å². The molecule has 0 radical (unpaired) electrons. The van der Waals surface area contributed by atoms with E-state index in [1.165, 1.54) is 148 Å². The van der Waals surface area contributed by atoms with Gasteiger partial charge < -0.3 is 20.3 Å². The Hall–Kier alpha value is -2.70. The number of carbonyl (C=O) groups excluding carboxylic acids is 2. The van der Waals surface area contributed by atoms with Gasteiger partial charge in [-0.25, -0.2) is 0 Å². The second kappa shape index (κ2) is 52.3. The van der Waals surface area contributed by atoms with Crippen LogP contribution in [0, 0.1) is 0 Å². The number of nitrogens with one attached hydrogen (secondary N) is 1. The molecule has 0 bridgehead atoms. The largest absolute Gasteiger partial charge is 0.461 e. The molecule has 3 N–H and O–H groups in total. The fourth-order valence-electron chi connectivity index (χ4n) is 8.05. The molecule has 0 aromatic rings. The van der Waals surface area contributed by atoms with Crippen molar-refractivity contribution >= 4 is 11.9 Å². The van der Waals surface area contributed by atoms with Gasteiger partial charge in [-0.05, 0) is 70.6 Å². The first-order valence-electron chi connectivity index (χ1n) is 27.7.